The van der Waals surface area contributed by atoms with Crippen LogP contribution in [0, 0.1) is 0 Å². The van der Waals surface area contributed by atoms with Gasteiger partial charge in [-0.05, 0) is 48.1 Å². The van der Waals surface area contributed by atoms with Crippen LogP contribution in [-0.4, -0.2) is 53.2 Å². The predicted octanol–water partition coefficient (Wildman–Crippen LogP) is 4.46. The highest BCUT2D eigenvalue weighted by Gasteiger charge is 2.46. The van der Waals surface area contributed by atoms with Crippen molar-refractivity contribution in [3.63, 3.8) is 0 Å². The molecule has 3 unspecified atom stereocenters. The molecule has 1 aliphatic rings. The molecule has 242 valence electrons. The van der Waals surface area contributed by atoms with Crippen molar-refractivity contribution in [1.29, 1.82) is 0 Å². The molecule has 0 spiro atoms. The Morgan fingerprint density at radius 1 is 1.00 bits per heavy atom. The van der Waals surface area contributed by atoms with E-state index in [9.17, 15) is 32.3 Å². The molecule has 0 saturated carbocycles. The molecular weight excluding hydrogens is 623 g/mol. The number of alkyl halides is 3. The number of aliphatic imine (C=N–C) groups is 1. The van der Waals surface area contributed by atoms with Crippen LogP contribution in [0.25, 0.3) is 0 Å². The monoisotopic (exact) mass is 655 g/mol. The smallest absolute Gasteiger partial charge is 0.386 e. The van der Waals surface area contributed by atoms with E-state index in [0.29, 0.717) is 36.1 Å². The van der Waals surface area contributed by atoms with Crippen molar-refractivity contribution in [2.24, 2.45) is 16.5 Å². The first-order valence-corrected chi connectivity index (χ1v) is 14.7. The summed E-state index contributed by atoms with van der Waals surface area (Å²) in [5.41, 5.74) is 12.8. The summed E-state index contributed by atoms with van der Waals surface area (Å²) in [6.07, 6.45) is -4.62. The number of hydrogen-bond acceptors (Lipinski definition) is 7. The van der Waals surface area contributed by atoms with E-state index in [1.54, 1.807) is 78.9 Å². The maximum Gasteiger partial charge on any atom is 0.491 e. The summed E-state index contributed by atoms with van der Waals surface area (Å²) < 4.78 is 43.0. The third-order valence-electron chi connectivity index (χ3n) is 7.39. The summed E-state index contributed by atoms with van der Waals surface area (Å²) in [5.74, 6) is -5.46. The van der Waals surface area contributed by atoms with Crippen LogP contribution in [0.3, 0.4) is 0 Å². The topological polar surface area (TPSA) is 148 Å². The summed E-state index contributed by atoms with van der Waals surface area (Å²) in [5, 5.41) is -0.422. The third-order valence-corrected chi connectivity index (χ3v) is 7.76. The molecule has 0 bridgehead atoms. The van der Waals surface area contributed by atoms with Crippen molar-refractivity contribution < 1.29 is 37.1 Å². The lowest BCUT2D eigenvalue weighted by Crippen LogP contribution is -2.44. The quantitative estimate of drug-likeness (QED) is 0.0961. The lowest BCUT2D eigenvalue weighted by atomic mass is 9.95. The minimum Gasteiger partial charge on any atom is -0.386 e. The van der Waals surface area contributed by atoms with E-state index in [1.807, 2.05) is 0 Å². The minimum atomic E-state index is -5.41. The Balaban J connectivity index is 1.81. The van der Waals surface area contributed by atoms with E-state index in [-0.39, 0.29) is 11.5 Å². The maximum absolute atomic E-state index is 14.6. The van der Waals surface area contributed by atoms with E-state index in [0.717, 1.165) is 5.56 Å². The molecule has 2 amide bonds. The van der Waals surface area contributed by atoms with Crippen molar-refractivity contribution in [1.82, 2.24) is 4.90 Å². The molecule has 3 atom stereocenters. The molecule has 3 aromatic carbocycles. The number of amides is 2. The fourth-order valence-electron chi connectivity index (χ4n) is 5.28. The average molecular weight is 656 g/mol. The average Bonchev–Trinajstić information content (AvgIpc) is 3.08. The van der Waals surface area contributed by atoms with Gasteiger partial charge in [0.15, 0.2) is 5.96 Å². The molecule has 4 N–H and O–H groups in total. The first kappa shape index (κ1) is 34.0. The SMILES string of the molecule is CN1C(=O)C(c2ccccc2)N(C(CC(=O)OC(=O)C(F)(F)F)c2ccccc2)C(=O)c2cc(CCCC(S)N=C(N)N)ccc21. The van der Waals surface area contributed by atoms with Gasteiger partial charge < -0.3 is 26.0 Å². The zero-order chi connectivity index (χ0) is 33.6. The highest BCUT2D eigenvalue weighted by Crippen LogP contribution is 2.41. The van der Waals surface area contributed by atoms with Gasteiger partial charge in [0.2, 0.25) is 0 Å². The van der Waals surface area contributed by atoms with Crippen LogP contribution in [0.15, 0.2) is 83.9 Å². The third kappa shape index (κ3) is 8.05. The Bertz CT molecular complexity index is 1620. The fraction of sp³-hybridized carbons (Fsp3) is 0.281. The second kappa shape index (κ2) is 14.5. The molecule has 46 heavy (non-hydrogen) atoms. The predicted molar refractivity (Wildman–Crippen MR) is 168 cm³/mol. The number of carbonyl (C=O) groups excluding carboxylic acids is 4. The first-order valence-electron chi connectivity index (χ1n) is 14.2. The van der Waals surface area contributed by atoms with Crippen molar-refractivity contribution in [2.75, 3.05) is 11.9 Å². The number of rotatable bonds is 10. The van der Waals surface area contributed by atoms with Crippen LogP contribution in [0.4, 0.5) is 18.9 Å². The lowest BCUT2D eigenvalue weighted by Gasteiger charge is -2.36. The molecule has 0 radical (unpaired) electrons. The summed E-state index contributed by atoms with van der Waals surface area (Å²) in [6.45, 7) is 0. The number of aryl methyl sites for hydroxylation is 1. The van der Waals surface area contributed by atoms with Crippen molar-refractivity contribution in [3.8, 4) is 0 Å². The van der Waals surface area contributed by atoms with Gasteiger partial charge in [-0.3, -0.25) is 14.4 Å². The number of anilines is 1. The standard InChI is InChI=1S/C32H32F3N5O5S/c1-39-23-16-15-19(9-8-14-25(46)38-31(36)37)17-22(23)28(42)40(27(29(39)43)21-12-6-3-7-13-21)24(20-10-4-2-5-11-20)18-26(41)45-30(44)32(33,34)35/h2-7,10-13,15-17,24-25,27,46H,8-9,14,18H2,1H3,(H4,36,37,38). The summed E-state index contributed by atoms with van der Waals surface area (Å²) in [6, 6.07) is 18.9. The van der Waals surface area contributed by atoms with E-state index in [4.69, 9.17) is 11.5 Å². The Labute approximate surface area is 268 Å². The van der Waals surface area contributed by atoms with Crippen LogP contribution in [-0.2, 0) is 25.5 Å². The zero-order valence-electron chi connectivity index (χ0n) is 24.7. The van der Waals surface area contributed by atoms with Gasteiger partial charge >= 0.3 is 18.1 Å². The summed E-state index contributed by atoms with van der Waals surface area (Å²) in [7, 11) is 1.52. The molecule has 4 rings (SSSR count). The number of nitrogens with zero attached hydrogens (tertiary/aromatic N) is 3. The summed E-state index contributed by atoms with van der Waals surface area (Å²) >= 11 is 4.35. The van der Waals surface area contributed by atoms with Gasteiger partial charge in [-0.2, -0.15) is 25.8 Å². The number of nitrogens with two attached hydrogens (primary N) is 2. The number of fused-ring (bicyclic) bond motifs is 1. The highest BCUT2D eigenvalue weighted by molar-refractivity contribution is 7.80. The Hall–Kier alpha value is -4.85. The van der Waals surface area contributed by atoms with Crippen molar-refractivity contribution >= 4 is 48.0 Å². The van der Waals surface area contributed by atoms with Gasteiger partial charge in [-0.15, -0.1) is 0 Å². The van der Waals surface area contributed by atoms with Crippen LogP contribution in [0.2, 0.25) is 0 Å². The van der Waals surface area contributed by atoms with Gasteiger partial charge in [-0.25, -0.2) is 9.79 Å². The van der Waals surface area contributed by atoms with Crippen LogP contribution in [0.1, 0.15) is 58.4 Å². The number of halogens is 3. The molecule has 1 heterocycles. The lowest BCUT2D eigenvalue weighted by molar-refractivity contribution is -0.202. The van der Waals surface area contributed by atoms with Gasteiger partial charge in [0.25, 0.3) is 11.8 Å². The van der Waals surface area contributed by atoms with Gasteiger partial charge in [0.1, 0.15) is 6.04 Å². The minimum absolute atomic E-state index is 0.0870. The molecule has 0 saturated heterocycles. The van der Waals surface area contributed by atoms with Crippen molar-refractivity contribution in [3.05, 3.63) is 101 Å². The maximum atomic E-state index is 14.6. The van der Waals surface area contributed by atoms with E-state index in [1.165, 1.54) is 16.8 Å². The molecule has 0 aromatic heterocycles. The van der Waals surface area contributed by atoms with Gasteiger partial charge in [0, 0.05) is 7.05 Å². The molecular formula is C32H32F3N5O5S. The van der Waals surface area contributed by atoms with E-state index >= 15 is 0 Å². The summed E-state index contributed by atoms with van der Waals surface area (Å²) in [4.78, 5) is 59.7. The van der Waals surface area contributed by atoms with Gasteiger partial charge in [-0.1, -0.05) is 66.7 Å². The molecule has 10 nitrogen and oxygen atoms in total. The highest BCUT2D eigenvalue weighted by atomic mass is 32.1. The van der Waals surface area contributed by atoms with Crippen LogP contribution < -0.4 is 16.4 Å². The molecule has 14 heteroatoms. The van der Waals surface area contributed by atoms with E-state index in [2.05, 4.69) is 22.4 Å². The molecule has 0 fully saturated rings. The fourth-order valence-corrected chi connectivity index (χ4v) is 5.59. The number of carbonyl (C=O) groups is 4. The number of esters is 2. The van der Waals surface area contributed by atoms with E-state index < -0.39 is 53.8 Å². The number of hydrogen-bond donors (Lipinski definition) is 3. The van der Waals surface area contributed by atoms with Crippen LogP contribution >= 0.6 is 12.6 Å². The molecule has 3 aromatic rings. The molecule has 0 aliphatic carbocycles. The normalized spacial score (nSPS) is 16.2. The number of likely N-dealkylation sites (N-methyl/N-ethyl adjacent to an activating group) is 1. The number of guanidine groups is 1. The zero-order valence-corrected chi connectivity index (χ0v) is 25.6. The second-order valence-corrected chi connectivity index (χ2v) is 11.2. The number of thiol groups is 1. The van der Waals surface area contributed by atoms with Crippen LogP contribution in [0.5, 0.6) is 0 Å². The van der Waals surface area contributed by atoms with Gasteiger partial charge in [0.05, 0.1) is 29.1 Å². The Kier molecular flexibility index (Phi) is 10.7. The largest absolute Gasteiger partial charge is 0.491 e. The Morgan fingerprint density at radius 2 is 1.63 bits per heavy atom. The van der Waals surface area contributed by atoms with Crippen molar-refractivity contribution in [2.45, 2.75) is 49.3 Å². The Morgan fingerprint density at radius 3 is 2.24 bits per heavy atom. The number of ether oxygens (including phenoxy) is 1. The number of benzene rings is 3. The second-order valence-electron chi connectivity index (χ2n) is 10.6. The first-order chi connectivity index (χ1) is 21.8. The molecule has 1 aliphatic heterocycles.